The van der Waals surface area contributed by atoms with Crippen LogP contribution >= 0.6 is 0 Å². The second kappa shape index (κ2) is 8.90. The summed E-state index contributed by atoms with van der Waals surface area (Å²) in [5.41, 5.74) is 2.10. The minimum atomic E-state index is -0.668. The predicted molar refractivity (Wildman–Crippen MR) is 116 cm³/mol. The maximum atomic E-state index is 13.2. The zero-order valence-corrected chi connectivity index (χ0v) is 17.5. The second-order valence-electron chi connectivity index (χ2n) is 9.01. The maximum absolute atomic E-state index is 13.2. The fraction of sp³-hybridized carbons (Fsp3) is 0.440. The van der Waals surface area contributed by atoms with Crippen molar-refractivity contribution in [3.63, 3.8) is 0 Å². The van der Waals surface area contributed by atoms with Crippen molar-refractivity contribution in [1.82, 2.24) is 10.6 Å². The Labute approximate surface area is 178 Å². The molecule has 2 aliphatic carbocycles. The normalized spacial score (nSPS) is 25.5. The molecule has 158 valence electrons. The molecule has 0 radical (unpaired) electrons. The van der Waals surface area contributed by atoms with Crippen molar-refractivity contribution >= 4 is 12.0 Å². The molecule has 2 N–H and O–H groups in total. The van der Waals surface area contributed by atoms with Crippen molar-refractivity contribution in [2.24, 2.45) is 11.3 Å². The largest absolute Gasteiger partial charge is 0.445 e. The molecule has 5 heteroatoms. The van der Waals surface area contributed by atoms with Crippen molar-refractivity contribution in [2.75, 3.05) is 0 Å². The van der Waals surface area contributed by atoms with Gasteiger partial charge in [0.05, 0.1) is 0 Å². The maximum Gasteiger partial charge on any atom is 0.408 e. The lowest BCUT2D eigenvalue weighted by Gasteiger charge is -2.33. The van der Waals surface area contributed by atoms with Crippen LogP contribution in [0.15, 0.2) is 60.7 Å². The van der Waals surface area contributed by atoms with Gasteiger partial charge in [-0.1, -0.05) is 67.6 Å². The molecule has 2 saturated carbocycles. The molecule has 2 aromatic rings. The van der Waals surface area contributed by atoms with Gasteiger partial charge in [0.15, 0.2) is 0 Å². The molecule has 2 fully saturated rings. The summed E-state index contributed by atoms with van der Waals surface area (Å²) in [6, 6.07) is 18.8. The number of hydrogen-bond donors (Lipinski definition) is 2. The highest BCUT2D eigenvalue weighted by Gasteiger charge is 2.49. The van der Waals surface area contributed by atoms with Gasteiger partial charge in [0, 0.05) is 12.5 Å². The van der Waals surface area contributed by atoms with Crippen LogP contribution in [0.1, 0.15) is 43.7 Å². The highest BCUT2D eigenvalue weighted by Crippen LogP contribution is 2.53. The summed E-state index contributed by atoms with van der Waals surface area (Å²) in [6.07, 6.45) is 4.51. The van der Waals surface area contributed by atoms with E-state index in [9.17, 15) is 9.59 Å². The molecule has 0 unspecified atom stereocenters. The van der Waals surface area contributed by atoms with Crippen LogP contribution in [-0.4, -0.2) is 24.1 Å². The third-order valence-corrected chi connectivity index (χ3v) is 6.71. The molecule has 0 heterocycles. The fourth-order valence-electron chi connectivity index (χ4n) is 5.00. The zero-order chi connectivity index (χ0) is 21.0. The molecule has 0 spiro atoms. The van der Waals surface area contributed by atoms with E-state index in [0.29, 0.717) is 6.42 Å². The minimum Gasteiger partial charge on any atom is -0.445 e. The van der Waals surface area contributed by atoms with Gasteiger partial charge in [-0.25, -0.2) is 4.79 Å². The van der Waals surface area contributed by atoms with Gasteiger partial charge in [-0.05, 0) is 48.1 Å². The summed E-state index contributed by atoms with van der Waals surface area (Å²) < 4.78 is 5.36. The number of carbonyl (C=O) groups is 2. The number of nitrogens with one attached hydrogen (secondary N) is 2. The van der Waals surface area contributed by atoms with Crippen LogP contribution in [0, 0.1) is 11.3 Å². The number of benzene rings is 2. The Bertz CT molecular complexity index is 870. The quantitative estimate of drug-likeness (QED) is 0.723. The second-order valence-corrected chi connectivity index (χ2v) is 9.01. The van der Waals surface area contributed by atoms with Crippen LogP contribution in [-0.2, 0) is 22.6 Å². The molecule has 4 rings (SSSR count). The zero-order valence-electron chi connectivity index (χ0n) is 17.5. The van der Waals surface area contributed by atoms with E-state index >= 15 is 0 Å². The van der Waals surface area contributed by atoms with Gasteiger partial charge in [0.25, 0.3) is 0 Å². The van der Waals surface area contributed by atoms with Crippen LogP contribution < -0.4 is 10.6 Å². The molecule has 0 aliphatic heterocycles. The van der Waals surface area contributed by atoms with E-state index < -0.39 is 12.1 Å². The number of alkyl carbamates (subject to hydrolysis) is 1. The Hall–Kier alpha value is -2.82. The van der Waals surface area contributed by atoms with Gasteiger partial charge in [-0.3, -0.25) is 4.79 Å². The van der Waals surface area contributed by atoms with Gasteiger partial charge >= 0.3 is 6.09 Å². The van der Waals surface area contributed by atoms with Gasteiger partial charge in [-0.15, -0.1) is 0 Å². The van der Waals surface area contributed by atoms with Crippen LogP contribution in [0.3, 0.4) is 0 Å². The predicted octanol–water partition coefficient (Wildman–Crippen LogP) is 4.22. The first kappa shape index (κ1) is 20.5. The molecule has 2 bridgehead atoms. The molecular weight excluding hydrogens is 376 g/mol. The van der Waals surface area contributed by atoms with Crippen molar-refractivity contribution in [1.29, 1.82) is 0 Å². The molecule has 4 atom stereocenters. The Morgan fingerprint density at radius 2 is 1.73 bits per heavy atom. The average Bonchev–Trinajstić information content (AvgIpc) is 3.28. The number of fused-ring (bicyclic) bond motifs is 2. The highest BCUT2D eigenvalue weighted by atomic mass is 16.5. The highest BCUT2D eigenvalue weighted by molar-refractivity contribution is 5.86. The molecule has 2 amide bonds. The van der Waals surface area contributed by atoms with Gasteiger partial charge in [0.1, 0.15) is 12.6 Å². The topological polar surface area (TPSA) is 67.4 Å². The lowest BCUT2D eigenvalue weighted by Crippen LogP contribution is -2.53. The van der Waals surface area contributed by atoms with E-state index in [4.69, 9.17) is 4.74 Å². The first-order chi connectivity index (χ1) is 14.5. The fourth-order valence-corrected chi connectivity index (χ4v) is 5.00. The van der Waals surface area contributed by atoms with Crippen molar-refractivity contribution in [3.8, 4) is 0 Å². The van der Waals surface area contributed by atoms with Gasteiger partial charge < -0.3 is 15.4 Å². The van der Waals surface area contributed by atoms with Crippen LogP contribution in [0.2, 0.25) is 0 Å². The van der Waals surface area contributed by atoms with E-state index in [0.717, 1.165) is 23.5 Å². The van der Waals surface area contributed by atoms with E-state index in [-0.39, 0.29) is 24.0 Å². The van der Waals surface area contributed by atoms with Gasteiger partial charge in [0.2, 0.25) is 5.91 Å². The molecule has 30 heavy (non-hydrogen) atoms. The number of rotatable bonds is 7. The lowest BCUT2D eigenvalue weighted by atomic mass is 9.81. The smallest absolute Gasteiger partial charge is 0.408 e. The van der Waals surface area contributed by atoms with E-state index in [1.807, 2.05) is 60.7 Å². The summed E-state index contributed by atoms with van der Waals surface area (Å²) in [4.78, 5) is 25.6. The Morgan fingerprint density at radius 3 is 2.33 bits per heavy atom. The Morgan fingerprint density at radius 1 is 1.07 bits per heavy atom. The van der Waals surface area contributed by atoms with Crippen LogP contribution in [0.5, 0.6) is 0 Å². The molecule has 2 aromatic carbocycles. The van der Waals surface area contributed by atoms with E-state index in [1.54, 1.807) is 0 Å². The van der Waals surface area contributed by atoms with Crippen LogP contribution in [0.4, 0.5) is 4.79 Å². The number of ether oxygens (including phenoxy) is 1. The Balaban J connectivity index is 1.39. The Kier molecular flexibility index (Phi) is 6.07. The summed E-state index contributed by atoms with van der Waals surface area (Å²) in [5, 5.41) is 6.03. The third-order valence-electron chi connectivity index (χ3n) is 6.71. The molecule has 2 aliphatic rings. The average molecular weight is 407 g/mol. The lowest BCUT2D eigenvalue weighted by molar-refractivity contribution is -0.124. The SMILES string of the molecule is C[C@]12CC[C@H](C[C@@H]1NC(=O)[C@H](Cc1ccccc1)NC(=O)OCc1ccccc1)C2. The number of amides is 2. The third kappa shape index (κ3) is 4.84. The summed E-state index contributed by atoms with van der Waals surface area (Å²) >= 11 is 0. The molecular formula is C25H30N2O3. The standard InChI is InChI=1S/C25H30N2O3/c1-25-13-12-20(16-25)15-22(25)27-23(28)21(14-18-8-4-2-5-9-18)26-24(29)30-17-19-10-6-3-7-11-19/h2-11,20-22H,12-17H2,1H3,(H,26,29)(H,27,28)/t20-,21+,22+,25-/m1/s1. The summed E-state index contributed by atoms with van der Waals surface area (Å²) in [7, 11) is 0. The monoisotopic (exact) mass is 406 g/mol. The first-order valence-corrected chi connectivity index (χ1v) is 10.8. The molecule has 0 aromatic heterocycles. The summed E-state index contributed by atoms with van der Waals surface area (Å²) in [5.74, 6) is 0.589. The summed E-state index contributed by atoms with van der Waals surface area (Å²) in [6.45, 7) is 2.45. The van der Waals surface area contributed by atoms with Crippen molar-refractivity contribution in [3.05, 3.63) is 71.8 Å². The van der Waals surface area contributed by atoms with Gasteiger partial charge in [-0.2, -0.15) is 0 Å². The van der Waals surface area contributed by atoms with E-state index in [1.165, 1.54) is 19.3 Å². The number of carbonyl (C=O) groups excluding carboxylic acids is 2. The number of hydrogen-bond acceptors (Lipinski definition) is 3. The molecule has 0 saturated heterocycles. The van der Waals surface area contributed by atoms with E-state index in [2.05, 4.69) is 17.6 Å². The van der Waals surface area contributed by atoms with Crippen LogP contribution in [0.25, 0.3) is 0 Å². The first-order valence-electron chi connectivity index (χ1n) is 10.8. The minimum absolute atomic E-state index is 0.130. The molecule has 5 nitrogen and oxygen atoms in total. The van der Waals surface area contributed by atoms with Crippen molar-refractivity contribution in [2.45, 2.75) is 57.7 Å². The van der Waals surface area contributed by atoms with Crippen molar-refractivity contribution < 1.29 is 14.3 Å².